The number of allylic oxidation sites excluding steroid dienone is 2. The molecule has 0 radical (unpaired) electrons. The van der Waals surface area contributed by atoms with Crippen LogP contribution in [0.1, 0.15) is 52.9 Å². The largest absolute Gasteiger partial charge is 0.355 e. The molecule has 6 heteroatoms. The second-order valence-corrected chi connectivity index (χ2v) is 9.43. The van der Waals surface area contributed by atoms with E-state index < -0.39 is 0 Å². The van der Waals surface area contributed by atoms with Crippen molar-refractivity contribution in [2.45, 2.75) is 69.8 Å². The molecule has 1 aliphatic carbocycles. The van der Waals surface area contributed by atoms with Crippen molar-refractivity contribution in [3.05, 3.63) is 46.3 Å². The van der Waals surface area contributed by atoms with Crippen molar-refractivity contribution in [3.63, 3.8) is 0 Å². The summed E-state index contributed by atoms with van der Waals surface area (Å²) in [5.74, 6) is 0.379. The van der Waals surface area contributed by atoms with Crippen LogP contribution in [0, 0.1) is 5.92 Å². The zero-order chi connectivity index (χ0) is 20.8. The van der Waals surface area contributed by atoms with Gasteiger partial charge in [-0.3, -0.25) is 14.2 Å². The van der Waals surface area contributed by atoms with Gasteiger partial charge in [-0.25, -0.2) is 4.98 Å². The highest BCUT2D eigenvalue weighted by Gasteiger charge is 2.19. The molecule has 0 saturated heterocycles. The molecule has 0 aliphatic heterocycles. The number of benzene rings is 1. The minimum absolute atomic E-state index is 0.0207. The number of carbonyl (C=O) groups excluding carboxylic acids is 1. The summed E-state index contributed by atoms with van der Waals surface area (Å²) >= 11 is 1.37. The number of hydrogen-bond donors (Lipinski definition) is 1. The Morgan fingerprint density at radius 3 is 2.76 bits per heavy atom. The number of nitrogens with zero attached hydrogens (tertiary/aromatic N) is 2. The Kier molecular flexibility index (Phi) is 7.53. The molecule has 1 atom stereocenters. The van der Waals surface area contributed by atoms with E-state index in [1.165, 1.54) is 30.2 Å². The van der Waals surface area contributed by atoms with Gasteiger partial charge in [0.1, 0.15) is 0 Å². The minimum atomic E-state index is -0.318. The summed E-state index contributed by atoms with van der Waals surface area (Å²) in [4.78, 5) is 30.4. The topological polar surface area (TPSA) is 64.0 Å². The van der Waals surface area contributed by atoms with Gasteiger partial charge in [-0.2, -0.15) is 0 Å². The zero-order valence-electron chi connectivity index (χ0n) is 17.6. The van der Waals surface area contributed by atoms with Gasteiger partial charge in [0.2, 0.25) is 5.91 Å². The molecule has 0 unspecified atom stereocenters. The van der Waals surface area contributed by atoms with Gasteiger partial charge in [-0.15, -0.1) is 0 Å². The van der Waals surface area contributed by atoms with E-state index in [2.05, 4.69) is 25.2 Å². The lowest BCUT2D eigenvalue weighted by Gasteiger charge is -2.18. The molecule has 1 heterocycles. The number of fused-ring (bicyclic) bond motifs is 1. The lowest BCUT2D eigenvalue weighted by molar-refractivity contribution is -0.120. The lowest BCUT2D eigenvalue weighted by Crippen LogP contribution is -2.34. The third kappa shape index (κ3) is 5.72. The quantitative estimate of drug-likeness (QED) is 0.392. The molecule has 2 aromatic rings. The Balaban J connectivity index is 1.86. The first kappa shape index (κ1) is 21.6. The fourth-order valence-electron chi connectivity index (χ4n) is 3.48. The maximum atomic E-state index is 13.2. The van der Waals surface area contributed by atoms with Crippen LogP contribution in [0.5, 0.6) is 0 Å². The molecular weight excluding hydrogens is 382 g/mol. The average molecular weight is 414 g/mol. The van der Waals surface area contributed by atoms with Crippen LogP contribution in [0.2, 0.25) is 0 Å². The highest BCUT2D eigenvalue weighted by Crippen LogP contribution is 2.25. The Hall–Kier alpha value is -2.08. The van der Waals surface area contributed by atoms with Gasteiger partial charge in [-0.1, -0.05) is 49.4 Å². The van der Waals surface area contributed by atoms with Crippen LogP contribution in [0.15, 0.2) is 45.9 Å². The molecule has 1 N–H and O–H groups in total. The summed E-state index contributed by atoms with van der Waals surface area (Å²) in [7, 11) is 0. The van der Waals surface area contributed by atoms with Crippen LogP contribution >= 0.6 is 11.8 Å². The van der Waals surface area contributed by atoms with Crippen molar-refractivity contribution in [3.8, 4) is 0 Å². The fourth-order valence-corrected chi connectivity index (χ4v) is 4.44. The van der Waals surface area contributed by atoms with E-state index >= 15 is 0 Å². The van der Waals surface area contributed by atoms with Crippen LogP contribution in [0.4, 0.5) is 0 Å². The second kappa shape index (κ2) is 10.1. The van der Waals surface area contributed by atoms with Crippen molar-refractivity contribution in [2.75, 3.05) is 6.54 Å². The van der Waals surface area contributed by atoms with Crippen LogP contribution in [0.3, 0.4) is 0 Å². The van der Waals surface area contributed by atoms with E-state index in [1.54, 1.807) is 4.57 Å². The van der Waals surface area contributed by atoms with Gasteiger partial charge in [0.15, 0.2) is 5.16 Å². The summed E-state index contributed by atoms with van der Waals surface area (Å²) in [5, 5.41) is 3.91. The van der Waals surface area contributed by atoms with Gasteiger partial charge in [-0.05, 0) is 57.1 Å². The zero-order valence-corrected chi connectivity index (χ0v) is 18.4. The number of aromatic nitrogens is 2. The second-order valence-electron chi connectivity index (χ2n) is 8.13. The molecular formula is C23H31N3O2S. The molecule has 0 spiro atoms. The Bertz CT molecular complexity index is 949. The third-order valence-corrected chi connectivity index (χ3v) is 6.29. The average Bonchev–Trinajstić information content (AvgIpc) is 2.72. The number of thioether (sulfide) groups is 1. The molecule has 1 amide bonds. The van der Waals surface area contributed by atoms with Gasteiger partial charge in [0.05, 0.1) is 16.2 Å². The first-order chi connectivity index (χ1) is 14.0. The van der Waals surface area contributed by atoms with E-state index in [0.717, 1.165) is 19.3 Å². The van der Waals surface area contributed by atoms with E-state index in [-0.39, 0.29) is 16.7 Å². The first-order valence-corrected chi connectivity index (χ1v) is 11.5. The van der Waals surface area contributed by atoms with E-state index in [0.29, 0.717) is 35.1 Å². The van der Waals surface area contributed by atoms with Crippen LogP contribution in [-0.4, -0.2) is 27.3 Å². The molecule has 1 aromatic heterocycles. The Labute approximate surface area is 177 Å². The van der Waals surface area contributed by atoms with Crippen molar-refractivity contribution < 1.29 is 4.79 Å². The molecule has 3 rings (SSSR count). The SMILES string of the molecule is CC(C)CNC(=O)[C@@H](C)Sc1nc2ccccc2c(=O)n1CCC1=CCCCC1. The molecule has 1 aliphatic rings. The molecule has 29 heavy (non-hydrogen) atoms. The molecule has 0 saturated carbocycles. The third-order valence-electron chi connectivity index (χ3n) is 5.20. The predicted octanol–water partition coefficient (Wildman–Crippen LogP) is 4.54. The smallest absolute Gasteiger partial charge is 0.262 e. The van der Waals surface area contributed by atoms with Crippen molar-refractivity contribution in [1.82, 2.24) is 14.9 Å². The molecule has 5 nitrogen and oxygen atoms in total. The predicted molar refractivity (Wildman–Crippen MR) is 120 cm³/mol. The number of amides is 1. The van der Waals surface area contributed by atoms with Gasteiger partial charge in [0, 0.05) is 13.1 Å². The summed E-state index contributed by atoms with van der Waals surface area (Å²) in [5.41, 5.74) is 2.09. The number of carbonyl (C=O) groups is 1. The first-order valence-electron chi connectivity index (χ1n) is 10.6. The summed E-state index contributed by atoms with van der Waals surface area (Å²) in [6.45, 7) is 7.26. The highest BCUT2D eigenvalue weighted by molar-refractivity contribution is 8.00. The number of hydrogen-bond acceptors (Lipinski definition) is 4. The number of nitrogens with one attached hydrogen (secondary N) is 1. The molecule has 156 valence electrons. The summed E-state index contributed by atoms with van der Waals surface area (Å²) < 4.78 is 1.76. The molecule has 0 fully saturated rings. The van der Waals surface area contributed by atoms with Crippen molar-refractivity contribution in [1.29, 1.82) is 0 Å². The maximum absolute atomic E-state index is 13.2. The summed E-state index contributed by atoms with van der Waals surface area (Å²) in [6, 6.07) is 7.44. The van der Waals surface area contributed by atoms with E-state index in [4.69, 9.17) is 4.98 Å². The van der Waals surface area contributed by atoms with E-state index in [9.17, 15) is 9.59 Å². The Morgan fingerprint density at radius 2 is 2.03 bits per heavy atom. The lowest BCUT2D eigenvalue weighted by atomic mass is 9.97. The molecule has 0 bridgehead atoms. The number of rotatable bonds is 8. The van der Waals surface area contributed by atoms with Crippen LogP contribution in [-0.2, 0) is 11.3 Å². The van der Waals surface area contributed by atoms with Gasteiger partial charge >= 0.3 is 0 Å². The normalized spacial score (nSPS) is 15.4. The summed E-state index contributed by atoms with van der Waals surface area (Å²) in [6.07, 6.45) is 7.91. The van der Waals surface area contributed by atoms with Crippen molar-refractivity contribution >= 4 is 28.6 Å². The Morgan fingerprint density at radius 1 is 1.24 bits per heavy atom. The van der Waals surface area contributed by atoms with Crippen LogP contribution in [0.25, 0.3) is 10.9 Å². The fraction of sp³-hybridized carbons (Fsp3) is 0.522. The minimum Gasteiger partial charge on any atom is -0.355 e. The van der Waals surface area contributed by atoms with E-state index in [1.807, 2.05) is 31.2 Å². The number of para-hydroxylation sites is 1. The standard InChI is InChI=1S/C23H31N3O2S/c1-16(2)15-24-21(27)17(3)29-23-25-20-12-8-7-11-19(20)22(28)26(23)14-13-18-9-5-4-6-10-18/h7-9,11-12,16-17H,4-6,10,13-15H2,1-3H3,(H,24,27)/t17-/m1/s1. The molecule has 1 aromatic carbocycles. The highest BCUT2D eigenvalue weighted by atomic mass is 32.2. The van der Waals surface area contributed by atoms with Crippen molar-refractivity contribution in [2.24, 2.45) is 5.92 Å². The maximum Gasteiger partial charge on any atom is 0.262 e. The van der Waals surface area contributed by atoms with Gasteiger partial charge in [0.25, 0.3) is 5.56 Å². The van der Waals surface area contributed by atoms with Gasteiger partial charge < -0.3 is 5.32 Å². The van der Waals surface area contributed by atoms with Crippen LogP contribution < -0.4 is 10.9 Å². The monoisotopic (exact) mass is 413 g/mol.